The summed E-state index contributed by atoms with van der Waals surface area (Å²) in [5.74, 6) is 0.106. The summed E-state index contributed by atoms with van der Waals surface area (Å²) in [5, 5.41) is 11.6. The predicted octanol–water partition coefficient (Wildman–Crippen LogP) is 4.73. The van der Waals surface area contributed by atoms with Gasteiger partial charge in [-0.05, 0) is 41.5 Å². The number of benzene rings is 3. The van der Waals surface area contributed by atoms with Crippen LogP contribution in [-0.4, -0.2) is 29.6 Å². The van der Waals surface area contributed by atoms with E-state index in [9.17, 15) is 14.7 Å². The van der Waals surface area contributed by atoms with E-state index in [1.807, 2.05) is 24.3 Å². The van der Waals surface area contributed by atoms with Crippen LogP contribution < -0.4 is 10.2 Å². The summed E-state index contributed by atoms with van der Waals surface area (Å²) in [4.78, 5) is 28.5. The second kappa shape index (κ2) is 8.39. The van der Waals surface area contributed by atoms with E-state index in [4.69, 9.17) is 20.8 Å². The van der Waals surface area contributed by atoms with Gasteiger partial charge in [-0.1, -0.05) is 54.1 Å². The van der Waals surface area contributed by atoms with Gasteiger partial charge in [0, 0.05) is 5.02 Å². The maximum Gasteiger partial charge on any atom is 0.291 e. The topological polar surface area (TPSA) is 80.0 Å². The number of nitrogens with zero attached hydrogens (tertiary/aromatic N) is 1. The fourth-order valence-electron chi connectivity index (χ4n) is 4.31. The summed E-state index contributed by atoms with van der Waals surface area (Å²) in [6.07, 6.45) is -0.948. The Hall–Kier alpha value is -3.61. The van der Waals surface area contributed by atoms with Crippen LogP contribution in [0, 0.1) is 0 Å². The van der Waals surface area contributed by atoms with Gasteiger partial charge in [0.1, 0.15) is 11.3 Å². The van der Waals surface area contributed by atoms with Crippen molar-refractivity contribution >= 4 is 28.5 Å². The number of carbonyl (C=O) groups is 1. The van der Waals surface area contributed by atoms with Gasteiger partial charge in [0.15, 0.2) is 5.43 Å². The van der Waals surface area contributed by atoms with Gasteiger partial charge >= 0.3 is 0 Å². The molecule has 7 heteroatoms. The van der Waals surface area contributed by atoms with E-state index in [0.717, 1.165) is 0 Å². The standard InChI is InChI=1S/C26H20ClNO5/c1-32-18-9-5-8-16(12-18)23-22-24(30)19-13-17(27)10-11-21(19)33-25(22)26(31)28(23)14-20(29)15-6-3-2-4-7-15/h2-13,20,23,29H,14H2,1H3/t20-,23+/m0/s1. The van der Waals surface area contributed by atoms with Gasteiger partial charge in [0.25, 0.3) is 5.91 Å². The zero-order valence-corrected chi connectivity index (χ0v) is 18.5. The van der Waals surface area contributed by atoms with Crippen LogP contribution in [0.1, 0.15) is 39.4 Å². The molecule has 1 N–H and O–H groups in total. The molecular formula is C26H20ClNO5. The number of amides is 1. The largest absolute Gasteiger partial charge is 0.497 e. The van der Waals surface area contributed by atoms with E-state index in [2.05, 4.69) is 0 Å². The zero-order chi connectivity index (χ0) is 23.1. The van der Waals surface area contributed by atoms with E-state index < -0.39 is 18.1 Å². The van der Waals surface area contributed by atoms with Crippen molar-refractivity contribution in [2.45, 2.75) is 12.1 Å². The highest BCUT2D eigenvalue weighted by Crippen LogP contribution is 2.40. The van der Waals surface area contributed by atoms with Gasteiger partial charge in [-0.3, -0.25) is 9.59 Å². The Kier molecular flexibility index (Phi) is 5.40. The molecule has 1 aliphatic rings. The van der Waals surface area contributed by atoms with Crippen LogP contribution >= 0.6 is 11.6 Å². The number of fused-ring (bicyclic) bond motifs is 2. The van der Waals surface area contributed by atoms with Gasteiger partial charge in [-0.25, -0.2) is 0 Å². The smallest absolute Gasteiger partial charge is 0.291 e. The molecule has 166 valence electrons. The molecular weight excluding hydrogens is 442 g/mol. The van der Waals surface area contributed by atoms with Gasteiger partial charge < -0.3 is 19.2 Å². The zero-order valence-electron chi connectivity index (χ0n) is 17.7. The number of methoxy groups -OCH3 is 1. The molecule has 2 atom stereocenters. The summed E-state index contributed by atoms with van der Waals surface area (Å²) < 4.78 is 11.3. The van der Waals surface area contributed by atoms with Crippen molar-refractivity contribution in [3.63, 3.8) is 0 Å². The summed E-state index contributed by atoms with van der Waals surface area (Å²) >= 11 is 6.12. The number of ether oxygens (including phenoxy) is 1. The van der Waals surface area contributed by atoms with Gasteiger partial charge in [-0.2, -0.15) is 0 Å². The van der Waals surface area contributed by atoms with Crippen molar-refractivity contribution in [2.75, 3.05) is 13.7 Å². The highest BCUT2D eigenvalue weighted by molar-refractivity contribution is 6.31. The number of hydrogen-bond acceptors (Lipinski definition) is 5. The number of aliphatic hydroxyl groups is 1. The van der Waals surface area contributed by atoms with Gasteiger partial charge in [-0.15, -0.1) is 0 Å². The van der Waals surface area contributed by atoms with Crippen LogP contribution in [0.2, 0.25) is 5.02 Å². The van der Waals surface area contributed by atoms with Gasteiger partial charge in [0.2, 0.25) is 5.76 Å². The third-order valence-corrected chi connectivity index (χ3v) is 6.13. The molecule has 5 rings (SSSR count). The summed E-state index contributed by atoms with van der Waals surface area (Å²) in [6, 6.07) is 20.2. The lowest BCUT2D eigenvalue weighted by molar-refractivity contribution is 0.0583. The fourth-order valence-corrected chi connectivity index (χ4v) is 4.48. The minimum atomic E-state index is -0.948. The van der Waals surface area contributed by atoms with Crippen LogP contribution in [0.3, 0.4) is 0 Å². The monoisotopic (exact) mass is 461 g/mol. The average molecular weight is 462 g/mol. The normalized spacial score (nSPS) is 16.2. The van der Waals surface area contributed by atoms with E-state index in [-0.39, 0.29) is 28.9 Å². The van der Waals surface area contributed by atoms with E-state index in [1.165, 1.54) is 11.0 Å². The molecule has 0 unspecified atom stereocenters. The van der Waals surface area contributed by atoms with Crippen LogP contribution in [-0.2, 0) is 0 Å². The molecule has 0 aliphatic carbocycles. The fraction of sp³-hybridized carbons (Fsp3) is 0.154. The highest BCUT2D eigenvalue weighted by Gasteiger charge is 2.43. The molecule has 1 aliphatic heterocycles. The minimum absolute atomic E-state index is 0.0224. The molecule has 2 heterocycles. The number of β-amino-alcohol motifs (C(OH)–C–C–N with tert-alkyl or cyclic N) is 1. The van der Waals surface area contributed by atoms with Crippen LogP contribution in [0.4, 0.5) is 0 Å². The second-order valence-electron chi connectivity index (χ2n) is 7.88. The quantitative estimate of drug-likeness (QED) is 0.464. The molecule has 4 aromatic rings. The average Bonchev–Trinajstić information content (AvgIpc) is 3.12. The third kappa shape index (κ3) is 3.67. The molecule has 0 bridgehead atoms. The number of halogens is 1. The summed E-state index contributed by atoms with van der Waals surface area (Å²) in [6.45, 7) is -0.0224. The molecule has 1 amide bonds. The first-order valence-corrected chi connectivity index (χ1v) is 10.8. The Labute approximate surface area is 194 Å². The molecule has 3 aromatic carbocycles. The molecule has 33 heavy (non-hydrogen) atoms. The maximum absolute atomic E-state index is 13.6. The summed E-state index contributed by atoms with van der Waals surface area (Å²) in [5.41, 5.74) is 1.53. The molecule has 0 radical (unpaired) electrons. The molecule has 0 fully saturated rings. The lowest BCUT2D eigenvalue weighted by Crippen LogP contribution is -2.33. The first-order chi connectivity index (χ1) is 16.0. The Bertz CT molecular complexity index is 1420. The number of aliphatic hydroxyl groups excluding tert-OH is 1. The second-order valence-corrected chi connectivity index (χ2v) is 8.31. The van der Waals surface area contributed by atoms with Crippen LogP contribution in [0.15, 0.2) is 82.0 Å². The maximum atomic E-state index is 13.6. The van der Waals surface area contributed by atoms with Crippen molar-refractivity contribution < 1.29 is 19.1 Å². The van der Waals surface area contributed by atoms with Crippen molar-refractivity contribution in [3.8, 4) is 5.75 Å². The Morgan fingerprint density at radius 2 is 1.85 bits per heavy atom. The van der Waals surface area contributed by atoms with E-state index in [0.29, 0.717) is 27.3 Å². The molecule has 6 nitrogen and oxygen atoms in total. The van der Waals surface area contributed by atoms with Crippen molar-refractivity contribution in [1.29, 1.82) is 0 Å². The highest BCUT2D eigenvalue weighted by atomic mass is 35.5. The first kappa shape index (κ1) is 21.2. The summed E-state index contributed by atoms with van der Waals surface area (Å²) in [7, 11) is 1.55. The third-order valence-electron chi connectivity index (χ3n) is 5.89. The Morgan fingerprint density at radius 3 is 2.61 bits per heavy atom. The van der Waals surface area contributed by atoms with Crippen molar-refractivity contribution in [3.05, 3.63) is 110 Å². The number of carbonyl (C=O) groups excluding carboxylic acids is 1. The Morgan fingerprint density at radius 1 is 1.06 bits per heavy atom. The molecule has 0 saturated carbocycles. The van der Waals surface area contributed by atoms with Crippen molar-refractivity contribution in [2.24, 2.45) is 0 Å². The molecule has 0 saturated heterocycles. The minimum Gasteiger partial charge on any atom is -0.497 e. The molecule has 0 spiro atoms. The van der Waals surface area contributed by atoms with E-state index >= 15 is 0 Å². The lowest BCUT2D eigenvalue weighted by Gasteiger charge is -2.27. The van der Waals surface area contributed by atoms with Crippen molar-refractivity contribution in [1.82, 2.24) is 4.90 Å². The number of rotatable bonds is 5. The lowest BCUT2D eigenvalue weighted by atomic mass is 9.98. The first-order valence-electron chi connectivity index (χ1n) is 10.4. The van der Waals surface area contributed by atoms with E-state index in [1.54, 1.807) is 49.6 Å². The SMILES string of the molecule is COc1cccc([C@@H]2c3c(oc4ccc(Cl)cc4c3=O)C(=O)N2C[C@H](O)c2ccccc2)c1. The van der Waals surface area contributed by atoms with Crippen LogP contribution in [0.5, 0.6) is 5.75 Å². The Balaban J connectivity index is 1.69. The van der Waals surface area contributed by atoms with Gasteiger partial charge in [0.05, 0.1) is 36.8 Å². The molecule has 1 aromatic heterocycles. The number of hydrogen-bond donors (Lipinski definition) is 1. The predicted molar refractivity (Wildman–Crippen MR) is 125 cm³/mol. The van der Waals surface area contributed by atoms with Crippen LogP contribution in [0.25, 0.3) is 11.0 Å².